The number of carbonyl (C=O) groups is 2. The fourth-order valence-corrected chi connectivity index (χ4v) is 4.15. The van der Waals surface area contributed by atoms with Gasteiger partial charge in [0, 0.05) is 17.2 Å². The third kappa shape index (κ3) is 4.66. The molecule has 1 N–H and O–H groups in total. The average molecular weight is 399 g/mol. The number of ketones is 1. The number of rotatable bonds is 6. The van der Waals surface area contributed by atoms with Crippen LogP contribution in [-0.4, -0.2) is 29.7 Å². The van der Waals surface area contributed by atoms with Crippen molar-refractivity contribution in [3.05, 3.63) is 102 Å². The van der Waals surface area contributed by atoms with Crippen LogP contribution in [0.3, 0.4) is 0 Å². The Kier molecular flexibility index (Phi) is 6.35. The number of hydrogen-bond acceptors (Lipinski definition) is 3. The maximum atomic E-state index is 13.2. The summed E-state index contributed by atoms with van der Waals surface area (Å²) in [5.74, 6) is 0.178. The summed E-state index contributed by atoms with van der Waals surface area (Å²) in [6.07, 6.45) is 1.52. The van der Waals surface area contributed by atoms with E-state index >= 15 is 0 Å². The van der Waals surface area contributed by atoms with Gasteiger partial charge in [0.05, 0.1) is 0 Å². The Morgan fingerprint density at radius 1 is 0.767 bits per heavy atom. The van der Waals surface area contributed by atoms with Crippen molar-refractivity contribution in [2.24, 2.45) is 5.92 Å². The van der Waals surface area contributed by atoms with E-state index in [2.05, 4.69) is 10.2 Å². The molecular formula is C26H26N2O2. The summed E-state index contributed by atoms with van der Waals surface area (Å²) < 4.78 is 0. The lowest BCUT2D eigenvalue weighted by molar-refractivity contribution is -0.122. The molecule has 1 aliphatic rings. The highest BCUT2D eigenvalue weighted by Gasteiger charge is 2.33. The normalized spacial score (nSPS) is 16.0. The molecule has 0 saturated carbocycles. The molecule has 1 heterocycles. The van der Waals surface area contributed by atoms with Crippen molar-refractivity contribution in [2.75, 3.05) is 18.4 Å². The molecule has 4 heteroatoms. The van der Waals surface area contributed by atoms with Crippen LogP contribution < -0.4 is 5.32 Å². The van der Waals surface area contributed by atoms with Gasteiger partial charge in [-0.3, -0.25) is 14.5 Å². The first-order valence-electron chi connectivity index (χ1n) is 10.5. The second-order valence-corrected chi connectivity index (χ2v) is 7.71. The van der Waals surface area contributed by atoms with Gasteiger partial charge in [0.2, 0.25) is 5.91 Å². The number of likely N-dealkylation sites (tertiary alicyclic amines) is 1. The molecule has 152 valence electrons. The Labute approximate surface area is 177 Å². The van der Waals surface area contributed by atoms with Crippen LogP contribution in [0.2, 0.25) is 0 Å². The second-order valence-electron chi connectivity index (χ2n) is 7.71. The Hall–Kier alpha value is -3.24. The van der Waals surface area contributed by atoms with Gasteiger partial charge in [0.25, 0.3) is 0 Å². The number of nitrogens with one attached hydrogen (secondary N) is 1. The topological polar surface area (TPSA) is 49.4 Å². The molecule has 0 spiro atoms. The first-order valence-corrected chi connectivity index (χ1v) is 10.5. The third-order valence-corrected chi connectivity index (χ3v) is 5.73. The van der Waals surface area contributed by atoms with Crippen LogP contribution in [0.15, 0.2) is 91.0 Å². The fourth-order valence-electron chi connectivity index (χ4n) is 4.15. The van der Waals surface area contributed by atoms with Crippen LogP contribution in [0.4, 0.5) is 5.69 Å². The van der Waals surface area contributed by atoms with Crippen molar-refractivity contribution in [3.8, 4) is 0 Å². The van der Waals surface area contributed by atoms with E-state index in [4.69, 9.17) is 0 Å². The van der Waals surface area contributed by atoms with Crippen molar-refractivity contribution < 1.29 is 9.59 Å². The number of anilines is 1. The minimum atomic E-state index is -0.376. The molecule has 4 rings (SSSR count). The van der Waals surface area contributed by atoms with E-state index < -0.39 is 0 Å². The first-order chi connectivity index (χ1) is 14.7. The average Bonchev–Trinajstić information content (AvgIpc) is 2.81. The van der Waals surface area contributed by atoms with Gasteiger partial charge in [0.15, 0.2) is 5.78 Å². The minimum absolute atomic E-state index is 0.0113. The highest BCUT2D eigenvalue weighted by atomic mass is 16.2. The van der Waals surface area contributed by atoms with Crippen molar-refractivity contribution in [1.82, 2.24) is 4.90 Å². The summed E-state index contributed by atoms with van der Waals surface area (Å²) in [4.78, 5) is 28.2. The van der Waals surface area contributed by atoms with Crippen molar-refractivity contribution in [2.45, 2.75) is 18.9 Å². The van der Waals surface area contributed by atoms with Gasteiger partial charge in [-0.15, -0.1) is 0 Å². The van der Waals surface area contributed by atoms with Gasteiger partial charge >= 0.3 is 0 Å². The first kappa shape index (κ1) is 20.0. The minimum Gasteiger partial charge on any atom is -0.324 e. The SMILES string of the molecule is O=C(c1ccccc1)C1CCN([C@H](C(=O)Nc2ccccc2)c2ccccc2)CC1. The number of carbonyl (C=O) groups excluding carboxylic acids is 2. The van der Waals surface area contributed by atoms with E-state index in [0.717, 1.165) is 29.7 Å². The number of nitrogens with zero attached hydrogens (tertiary/aromatic N) is 1. The highest BCUT2D eigenvalue weighted by molar-refractivity contribution is 5.98. The van der Waals surface area contributed by atoms with Crippen LogP contribution in [0, 0.1) is 5.92 Å². The van der Waals surface area contributed by atoms with E-state index in [1.54, 1.807) is 0 Å². The number of para-hydroxylation sites is 1. The zero-order valence-electron chi connectivity index (χ0n) is 16.9. The highest BCUT2D eigenvalue weighted by Crippen LogP contribution is 2.29. The lowest BCUT2D eigenvalue weighted by atomic mass is 9.87. The monoisotopic (exact) mass is 398 g/mol. The Morgan fingerprint density at radius 3 is 1.90 bits per heavy atom. The number of Topliss-reactive ketones (excluding diaryl/α,β-unsaturated/α-hetero) is 1. The van der Waals surface area contributed by atoms with Crippen LogP contribution in [0.5, 0.6) is 0 Å². The molecule has 0 aliphatic carbocycles. The van der Waals surface area contributed by atoms with E-state index in [-0.39, 0.29) is 23.7 Å². The number of piperidine rings is 1. The summed E-state index contributed by atoms with van der Waals surface area (Å²) in [6, 6.07) is 28.5. The molecule has 30 heavy (non-hydrogen) atoms. The summed E-state index contributed by atoms with van der Waals surface area (Å²) >= 11 is 0. The number of hydrogen-bond donors (Lipinski definition) is 1. The molecule has 0 aromatic heterocycles. The molecule has 1 saturated heterocycles. The Balaban J connectivity index is 1.48. The maximum Gasteiger partial charge on any atom is 0.246 e. The number of amides is 1. The molecule has 1 amide bonds. The lowest BCUT2D eigenvalue weighted by Crippen LogP contribution is -2.43. The fraction of sp³-hybridized carbons (Fsp3) is 0.231. The summed E-state index contributed by atoms with van der Waals surface area (Å²) in [7, 11) is 0. The standard InChI is InChI=1S/C26H26N2O2/c29-25(21-12-6-2-7-13-21)22-16-18-28(19-17-22)24(20-10-4-1-5-11-20)26(30)27-23-14-8-3-9-15-23/h1-15,22,24H,16-19H2,(H,27,30)/t24-/m0/s1. The van der Waals surface area contributed by atoms with Gasteiger partial charge in [-0.2, -0.15) is 0 Å². The molecule has 3 aromatic rings. The summed E-state index contributed by atoms with van der Waals surface area (Å²) in [6.45, 7) is 1.43. The summed E-state index contributed by atoms with van der Waals surface area (Å²) in [5, 5.41) is 3.05. The molecule has 4 nitrogen and oxygen atoms in total. The second kappa shape index (κ2) is 9.51. The predicted octanol–water partition coefficient (Wildman–Crippen LogP) is 4.96. The van der Waals surface area contributed by atoms with Gasteiger partial charge in [-0.25, -0.2) is 0 Å². The zero-order chi connectivity index (χ0) is 20.8. The molecule has 3 aromatic carbocycles. The largest absolute Gasteiger partial charge is 0.324 e. The summed E-state index contributed by atoms with van der Waals surface area (Å²) in [5.41, 5.74) is 2.54. The maximum absolute atomic E-state index is 13.2. The van der Waals surface area contributed by atoms with E-state index in [1.165, 1.54) is 0 Å². The molecule has 1 aliphatic heterocycles. The van der Waals surface area contributed by atoms with Crippen molar-refractivity contribution >= 4 is 17.4 Å². The molecule has 0 unspecified atom stereocenters. The Morgan fingerprint density at radius 2 is 1.30 bits per heavy atom. The van der Waals surface area contributed by atoms with E-state index in [0.29, 0.717) is 13.1 Å². The van der Waals surface area contributed by atoms with Crippen LogP contribution >= 0.6 is 0 Å². The van der Waals surface area contributed by atoms with Crippen LogP contribution in [0.1, 0.15) is 34.8 Å². The van der Waals surface area contributed by atoms with Crippen LogP contribution in [0.25, 0.3) is 0 Å². The van der Waals surface area contributed by atoms with Gasteiger partial charge in [-0.1, -0.05) is 78.9 Å². The molecule has 1 atom stereocenters. The quantitative estimate of drug-likeness (QED) is 0.597. The van der Waals surface area contributed by atoms with Crippen molar-refractivity contribution in [1.29, 1.82) is 0 Å². The zero-order valence-corrected chi connectivity index (χ0v) is 16.9. The molecule has 0 bridgehead atoms. The van der Waals surface area contributed by atoms with E-state index in [9.17, 15) is 9.59 Å². The number of benzene rings is 3. The van der Waals surface area contributed by atoms with E-state index in [1.807, 2.05) is 91.0 Å². The molecule has 0 radical (unpaired) electrons. The van der Waals surface area contributed by atoms with Gasteiger partial charge in [0.1, 0.15) is 6.04 Å². The predicted molar refractivity (Wildman–Crippen MR) is 119 cm³/mol. The molecular weight excluding hydrogens is 372 g/mol. The van der Waals surface area contributed by atoms with Crippen LogP contribution in [-0.2, 0) is 4.79 Å². The van der Waals surface area contributed by atoms with Gasteiger partial charge in [-0.05, 0) is 43.6 Å². The smallest absolute Gasteiger partial charge is 0.246 e. The Bertz CT molecular complexity index is 966. The van der Waals surface area contributed by atoms with Crippen molar-refractivity contribution in [3.63, 3.8) is 0 Å². The third-order valence-electron chi connectivity index (χ3n) is 5.73. The molecule has 1 fully saturated rings. The van der Waals surface area contributed by atoms with Gasteiger partial charge < -0.3 is 5.32 Å². The lowest BCUT2D eigenvalue weighted by Gasteiger charge is -2.36.